The number of hydrogen-bond acceptors (Lipinski definition) is 5. The Morgan fingerprint density at radius 2 is 1.72 bits per heavy atom. The van der Waals surface area contributed by atoms with Crippen molar-refractivity contribution in [2.45, 2.75) is 20.5 Å². The molecule has 6 heteroatoms. The first-order chi connectivity index (χ1) is 15.5. The summed E-state index contributed by atoms with van der Waals surface area (Å²) in [6.45, 7) is 5.23. The predicted octanol–water partition coefficient (Wildman–Crippen LogP) is 5.52. The van der Waals surface area contributed by atoms with Crippen LogP contribution in [0.2, 0.25) is 0 Å². The fourth-order valence-electron chi connectivity index (χ4n) is 3.09. The van der Waals surface area contributed by atoms with Gasteiger partial charge in [-0.25, -0.2) is 9.18 Å². The molecule has 0 amide bonds. The van der Waals surface area contributed by atoms with E-state index in [-0.39, 0.29) is 18.0 Å². The zero-order valence-electron chi connectivity index (χ0n) is 19.0. The molecule has 0 aromatic heterocycles. The summed E-state index contributed by atoms with van der Waals surface area (Å²) in [6.07, 6.45) is 9.18. The number of carbonyl (C=O) groups excluding carboxylic acids is 1. The lowest BCUT2D eigenvalue weighted by molar-refractivity contribution is -0.133. The number of carbonyl (C=O) groups is 1. The molecule has 0 heterocycles. The van der Waals surface area contributed by atoms with Crippen LogP contribution in [-0.2, 0) is 20.9 Å². The summed E-state index contributed by atoms with van der Waals surface area (Å²) in [5.74, 6) is -0.482. The normalized spacial score (nSPS) is 11.7. The summed E-state index contributed by atoms with van der Waals surface area (Å²) in [5, 5.41) is 0. The minimum absolute atomic E-state index is 0.147. The summed E-state index contributed by atoms with van der Waals surface area (Å²) >= 11 is 0. The van der Waals surface area contributed by atoms with E-state index < -0.39 is 5.97 Å². The van der Waals surface area contributed by atoms with E-state index in [0.717, 1.165) is 5.56 Å². The zero-order valence-corrected chi connectivity index (χ0v) is 19.0. The van der Waals surface area contributed by atoms with Crippen LogP contribution in [0.25, 0.3) is 5.57 Å². The van der Waals surface area contributed by atoms with Gasteiger partial charge >= 0.3 is 5.97 Å². The van der Waals surface area contributed by atoms with Crippen molar-refractivity contribution >= 4 is 17.2 Å². The molecule has 2 aromatic rings. The predicted molar refractivity (Wildman–Crippen MR) is 126 cm³/mol. The smallest absolute Gasteiger partial charge is 0.341 e. The van der Waals surface area contributed by atoms with Crippen LogP contribution in [0.15, 0.2) is 73.0 Å². The van der Waals surface area contributed by atoms with E-state index in [4.69, 9.17) is 14.2 Å². The van der Waals surface area contributed by atoms with E-state index in [9.17, 15) is 9.18 Å². The number of rotatable bonds is 11. The van der Waals surface area contributed by atoms with Gasteiger partial charge in [-0.15, -0.1) is 0 Å². The van der Waals surface area contributed by atoms with E-state index in [1.54, 1.807) is 18.2 Å². The molecule has 32 heavy (non-hydrogen) atoms. The molecule has 0 saturated heterocycles. The maximum absolute atomic E-state index is 14.9. The number of hydrogen-bond donors (Lipinski definition) is 0. The van der Waals surface area contributed by atoms with Crippen LogP contribution in [0.5, 0.6) is 5.75 Å². The fourth-order valence-corrected chi connectivity index (χ4v) is 3.09. The van der Waals surface area contributed by atoms with Crippen molar-refractivity contribution in [3.8, 4) is 5.75 Å². The largest absolute Gasteiger partial charge is 0.503 e. The highest BCUT2D eigenvalue weighted by molar-refractivity contribution is 6.16. The van der Waals surface area contributed by atoms with Crippen LogP contribution in [0.3, 0.4) is 0 Å². The Hall–Kier alpha value is -3.54. The average molecular weight is 440 g/mol. The average Bonchev–Trinajstić information content (AvgIpc) is 2.81. The lowest BCUT2D eigenvalue weighted by Crippen LogP contribution is -2.24. The van der Waals surface area contributed by atoms with Crippen LogP contribution < -0.4 is 9.64 Å². The highest BCUT2D eigenvalue weighted by Crippen LogP contribution is 2.26. The van der Waals surface area contributed by atoms with Gasteiger partial charge in [-0.1, -0.05) is 48.6 Å². The first-order valence-corrected chi connectivity index (χ1v) is 10.3. The molecule has 5 nitrogen and oxygen atoms in total. The van der Waals surface area contributed by atoms with Gasteiger partial charge in [0.2, 0.25) is 0 Å². The lowest BCUT2D eigenvalue weighted by Gasteiger charge is -2.23. The summed E-state index contributed by atoms with van der Waals surface area (Å²) in [7, 11) is 2.77. The van der Waals surface area contributed by atoms with Gasteiger partial charge in [0.15, 0.2) is 0 Å². The standard InChI is InChI=1S/C26H30FNO4/c1-5-7-15-28(16-8-6-2)25-14-13-21(17-24(25)27)32-18-20-11-9-10-12-22(20)23(19-30-3)26(29)31-4/h5-14,17,19H,15-16,18H2,1-4H3/b7-5+,8-6+,23-19+. The van der Waals surface area contributed by atoms with Crippen molar-refractivity contribution in [1.29, 1.82) is 0 Å². The lowest BCUT2D eigenvalue weighted by atomic mass is 10.0. The molecule has 0 saturated carbocycles. The van der Waals surface area contributed by atoms with Crippen molar-refractivity contribution < 1.29 is 23.4 Å². The number of anilines is 1. The monoisotopic (exact) mass is 439 g/mol. The van der Waals surface area contributed by atoms with Crippen molar-refractivity contribution in [3.05, 3.63) is 90.0 Å². The topological polar surface area (TPSA) is 48.0 Å². The van der Waals surface area contributed by atoms with E-state index >= 15 is 0 Å². The quantitative estimate of drug-likeness (QED) is 0.200. The van der Waals surface area contributed by atoms with Crippen LogP contribution >= 0.6 is 0 Å². The molecule has 0 aliphatic carbocycles. The third-order valence-corrected chi connectivity index (χ3v) is 4.73. The minimum atomic E-state index is -0.517. The molecule has 170 valence electrons. The second kappa shape index (κ2) is 13.0. The summed E-state index contributed by atoms with van der Waals surface area (Å²) in [4.78, 5) is 14.1. The summed E-state index contributed by atoms with van der Waals surface area (Å²) in [6, 6.07) is 12.1. The molecule has 0 unspecified atom stereocenters. The highest BCUT2D eigenvalue weighted by atomic mass is 19.1. The van der Waals surface area contributed by atoms with Gasteiger partial charge in [0, 0.05) is 19.2 Å². The Morgan fingerprint density at radius 3 is 2.31 bits per heavy atom. The Kier molecular flexibility index (Phi) is 10.0. The molecule has 2 aromatic carbocycles. The zero-order chi connectivity index (χ0) is 23.3. The van der Waals surface area contributed by atoms with Gasteiger partial charge in [-0.05, 0) is 37.1 Å². The van der Waals surface area contributed by atoms with E-state index in [1.807, 2.05) is 61.3 Å². The number of methoxy groups -OCH3 is 2. The molecule has 0 bridgehead atoms. The summed E-state index contributed by atoms with van der Waals surface area (Å²) in [5.41, 5.74) is 2.15. The summed E-state index contributed by atoms with van der Waals surface area (Å²) < 4.78 is 30.6. The van der Waals surface area contributed by atoms with Gasteiger partial charge in [0.1, 0.15) is 23.7 Å². The number of ether oxygens (including phenoxy) is 3. The molecule has 0 atom stereocenters. The van der Waals surface area contributed by atoms with Crippen molar-refractivity contribution in [1.82, 2.24) is 0 Å². The molecule has 0 aliphatic heterocycles. The van der Waals surface area contributed by atoms with E-state index in [1.165, 1.54) is 26.5 Å². The Balaban J connectivity index is 2.23. The third kappa shape index (κ3) is 6.74. The van der Waals surface area contributed by atoms with Crippen LogP contribution in [0.4, 0.5) is 10.1 Å². The Bertz CT molecular complexity index is 968. The van der Waals surface area contributed by atoms with Crippen molar-refractivity contribution in [2.75, 3.05) is 32.2 Å². The number of benzene rings is 2. The molecule has 0 aliphatic rings. The van der Waals surface area contributed by atoms with Crippen LogP contribution in [0, 0.1) is 5.82 Å². The minimum Gasteiger partial charge on any atom is -0.503 e. The second-order valence-electron chi connectivity index (χ2n) is 6.86. The van der Waals surface area contributed by atoms with Gasteiger partial charge in [0.05, 0.1) is 26.2 Å². The third-order valence-electron chi connectivity index (χ3n) is 4.73. The highest BCUT2D eigenvalue weighted by Gasteiger charge is 2.17. The van der Waals surface area contributed by atoms with Gasteiger partial charge in [0.25, 0.3) is 0 Å². The molecular weight excluding hydrogens is 409 g/mol. The second-order valence-corrected chi connectivity index (χ2v) is 6.86. The molecule has 0 radical (unpaired) electrons. The first kappa shape index (κ1) is 24.7. The number of nitrogens with zero attached hydrogens (tertiary/aromatic N) is 1. The molecular formula is C26H30FNO4. The number of esters is 1. The molecule has 0 N–H and O–H groups in total. The van der Waals surface area contributed by atoms with E-state index in [0.29, 0.717) is 30.1 Å². The molecule has 0 fully saturated rings. The maximum Gasteiger partial charge on any atom is 0.341 e. The SMILES string of the molecule is C/C=C/CN(C/C=C/C)c1ccc(OCc2ccccc2/C(=C\OC)C(=O)OC)cc1F. The maximum atomic E-state index is 14.9. The van der Waals surface area contributed by atoms with Crippen molar-refractivity contribution in [2.24, 2.45) is 0 Å². The fraction of sp³-hybridized carbons (Fsp3) is 0.269. The number of allylic oxidation sites excluding steroid dienone is 2. The number of halogens is 1. The van der Waals surface area contributed by atoms with Gasteiger partial charge < -0.3 is 19.1 Å². The Morgan fingerprint density at radius 1 is 1.03 bits per heavy atom. The molecule has 2 rings (SSSR count). The van der Waals surface area contributed by atoms with Gasteiger partial charge in [-0.3, -0.25) is 0 Å². The first-order valence-electron chi connectivity index (χ1n) is 10.3. The molecule has 0 spiro atoms. The van der Waals surface area contributed by atoms with Crippen molar-refractivity contribution in [3.63, 3.8) is 0 Å². The van der Waals surface area contributed by atoms with Crippen LogP contribution in [0.1, 0.15) is 25.0 Å². The van der Waals surface area contributed by atoms with Gasteiger partial charge in [-0.2, -0.15) is 0 Å². The Labute approximate surface area is 189 Å². The van der Waals surface area contributed by atoms with Crippen LogP contribution in [-0.4, -0.2) is 33.3 Å². The van der Waals surface area contributed by atoms with E-state index in [2.05, 4.69) is 0 Å².